The number of aliphatic imine (C=N–C) groups is 1. The van der Waals surface area contributed by atoms with Gasteiger partial charge in [-0.2, -0.15) is 0 Å². The summed E-state index contributed by atoms with van der Waals surface area (Å²) in [6.07, 6.45) is 2.43. The summed E-state index contributed by atoms with van der Waals surface area (Å²) in [7, 11) is 4.05. The van der Waals surface area contributed by atoms with Gasteiger partial charge in [-0.1, -0.05) is 29.8 Å². The van der Waals surface area contributed by atoms with Crippen LogP contribution >= 0.6 is 0 Å². The zero-order valence-corrected chi connectivity index (χ0v) is 15.5. The molecule has 0 unspecified atom stereocenters. The average molecular weight is 332 g/mol. The fourth-order valence-electron chi connectivity index (χ4n) is 3.06. The summed E-state index contributed by atoms with van der Waals surface area (Å²) in [5.41, 5.74) is 2.58. The van der Waals surface area contributed by atoms with E-state index in [1.165, 1.54) is 43.7 Å². The van der Waals surface area contributed by atoms with Gasteiger partial charge in [0.1, 0.15) is 0 Å². The highest BCUT2D eigenvalue weighted by Crippen LogP contribution is 2.03. The van der Waals surface area contributed by atoms with Crippen LogP contribution in [0.1, 0.15) is 24.0 Å². The van der Waals surface area contributed by atoms with Gasteiger partial charge < -0.3 is 20.4 Å². The molecular weight excluding hydrogens is 298 g/mol. The summed E-state index contributed by atoms with van der Waals surface area (Å²) >= 11 is 0. The molecule has 1 heterocycles. The van der Waals surface area contributed by atoms with Gasteiger partial charge in [0, 0.05) is 33.2 Å². The van der Waals surface area contributed by atoms with Crippen LogP contribution in [-0.2, 0) is 6.54 Å². The predicted molar refractivity (Wildman–Crippen MR) is 103 cm³/mol. The first-order chi connectivity index (χ1) is 11.7. The molecule has 5 nitrogen and oxygen atoms in total. The molecule has 1 fully saturated rings. The van der Waals surface area contributed by atoms with Crippen molar-refractivity contribution < 1.29 is 0 Å². The first-order valence-electron chi connectivity index (χ1n) is 9.08. The first kappa shape index (κ1) is 18.7. The highest BCUT2D eigenvalue weighted by Gasteiger charge is 2.11. The van der Waals surface area contributed by atoms with Crippen LogP contribution in [0.4, 0.5) is 0 Å². The lowest BCUT2D eigenvalue weighted by Gasteiger charge is -2.20. The zero-order chi connectivity index (χ0) is 17.2. The lowest BCUT2D eigenvalue weighted by molar-refractivity contribution is 0.274. The molecule has 0 amide bonds. The zero-order valence-electron chi connectivity index (χ0n) is 15.5. The third-order valence-corrected chi connectivity index (χ3v) is 4.52. The highest BCUT2D eigenvalue weighted by atomic mass is 15.2. The van der Waals surface area contributed by atoms with Gasteiger partial charge in [0.2, 0.25) is 0 Å². The topological polar surface area (TPSA) is 42.9 Å². The maximum absolute atomic E-state index is 4.31. The fourth-order valence-corrected chi connectivity index (χ4v) is 3.06. The van der Waals surface area contributed by atoms with Crippen molar-refractivity contribution in [3.8, 4) is 0 Å². The Bertz CT molecular complexity index is 514. The second kappa shape index (κ2) is 10.3. The molecule has 1 aliphatic rings. The standard InChI is InChI=1S/C19H33N5/c1-17-7-4-8-18(15-17)16-22-19(20-2)21-9-5-11-24-12-6-10-23(3)13-14-24/h4,7-8,15H,5-6,9-14,16H2,1-3H3,(H2,20,21,22). The molecule has 0 saturated carbocycles. The molecule has 24 heavy (non-hydrogen) atoms. The van der Waals surface area contributed by atoms with Crippen molar-refractivity contribution in [2.75, 3.05) is 53.4 Å². The Morgan fingerprint density at radius 3 is 2.83 bits per heavy atom. The van der Waals surface area contributed by atoms with Crippen LogP contribution in [0, 0.1) is 6.92 Å². The summed E-state index contributed by atoms with van der Waals surface area (Å²) in [6, 6.07) is 8.57. The van der Waals surface area contributed by atoms with Crippen LogP contribution in [0.3, 0.4) is 0 Å². The molecule has 0 radical (unpaired) electrons. The van der Waals surface area contributed by atoms with Gasteiger partial charge in [-0.25, -0.2) is 0 Å². The molecule has 2 N–H and O–H groups in total. The minimum absolute atomic E-state index is 0.805. The van der Waals surface area contributed by atoms with Crippen LogP contribution in [-0.4, -0.2) is 69.1 Å². The van der Waals surface area contributed by atoms with Crippen LogP contribution in [0.2, 0.25) is 0 Å². The van der Waals surface area contributed by atoms with Crippen molar-refractivity contribution in [3.63, 3.8) is 0 Å². The molecular formula is C19H33N5. The van der Waals surface area contributed by atoms with E-state index in [4.69, 9.17) is 0 Å². The molecule has 5 heteroatoms. The Kier molecular flexibility index (Phi) is 8.05. The third kappa shape index (κ3) is 6.89. The van der Waals surface area contributed by atoms with E-state index in [0.717, 1.165) is 32.0 Å². The molecule has 0 atom stereocenters. The second-order valence-corrected chi connectivity index (χ2v) is 6.69. The summed E-state index contributed by atoms with van der Waals surface area (Å²) in [5.74, 6) is 0.882. The van der Waals surface area contributed by atoms with Crippen LogP contribution in [0.25, 0.3) is 0 Å². The molecule has 1 aromatic carbocycles. The third-order valence-electron chi connectivity index (χ3n) is 4.52. The average Bonchev–Trinajstić information content (AvgIpc) is 2.79. The van der Waals surface area contributed by atoms with E-state index in [-0.39, 0.29) is 0 Å². The molecule has 2 rings (SSSR count). The quantitative estimate of drug-likeness (QED) is 0.473. The van der Waals surface area contributed by atoms with Crippen molar-refractivity contribution >= 4 is 5.96 Å². The number of hydrogen-bond acceptors (Lipinski definition) is 3. The first-order valence-corrected chi connectivity index (χ1v) is 9.08. The number of nitrogens with one attached hydrogen (secondary N) is 2. The van der Waals surface area contributed by atoms with E-state index in [9.17, 15) is 0 Å². The lowest BCUT2D eigenvalue weighted by atomic mass is 10.1. The van der Waals surface area contributed by atoms with E-state index < -0.39 is 0 Å². The molecule has 1 aromatic rings. The van der Waals surface area contributed by atoms with E-state index in [1.54, 1.807) is 0 Å². The Morgan fingerprint density at radius 1 is 1.17 bits per heavy atom. The minimum atomic E-state index is 0.805. The number of hydrogen-bond donors (Lipinski definition) is 2. The Hall–Kier alpha value is -1.59. The number of aryl methyl sites for hydroxylation is 1. The van der Waals surface area contributed by atoms with Crippen molar-refractivity contribution in [2.24, 2.45) is 4.99 Å². The fraction of sp³-hybridized carbons (Fsp3) is 0.632. The van der Waals surface area contributed by atoms with Crippen molar-refractivity contribution in [2.45, 2.75) is 26.3 Å². The van der Waals surface area contributed by atoms with Gasteiger partial charge in [-0.05, 0) is 52.0 Å². The molecule has 0 aliphatic carbocycles. The van der Waals surface area contributed by atoms with Crippen LogP contribution < -0.4 is 10.6 Å². The van der Waals surface area contributed by atoms with Crippen LogP contribution in [0.5, 0.6) is 0 Å². The number of benzene rings is 1. The molecule has 0 aromatic heterocycles. The number of likely N-dealkylation sites (N-methyl/N-ethyl adjacent to an activating group) is 1. The van der Waals surface area contributed by atoms with E-state index in [1.807, 2.05) is 7.05 Å². The van der Waals surface area contributed by atoms with E-state index in [0.29, 0.717) is 0 Å². The van der Waals surface area contributed by atoms with Crippen molar-refractivity contribution in [1.29, 1.82) is 0 Å². The molecule has 1 saturated heterocycles. The van der Waals surface area contributed by atoms with Crippen LogP contribution in [0.15, 0.2) is 29.3 Å². The lowest BCUT2D eigenvalue weighted by Crippen LogP contribution is -2.38. The Balaban J connectivity index is 1.63. The maximum Gasteiger partial charge on any atom is 0.191 e. The maximum atomic E-state index is 4.31. The Morgan fingerprint density at radius 2 is 2.04 bits per heavy atom. The van der Waals surface area contributed by atoms with Gasteiger partial charge in [0.25, 0.3) is 0 Å². The summed E-state index contributed by atoms with van der Waals surface area (Å²) in [6.45, 7) is 9.88. The molecule has 134 valence electrons. The largest absolute Gasteiger partial charge is 0.356 e. The number of rotatable bonds is 6. The van der Waals surface area contributed by atoms with Gasteiger partial charge in [-0.3, -0.25) is 4.99 Å². The number of guanidine groups is 1. The molecule has 1 aliphatic heterocycles. The monoisotopic (exact) mass is 331 g/mol. The van der Waals surface area contributed by atoms with Gasteiger partial charge in [0.15, 0.2) is 5.96 Å². The Labute approximate surface area is 147 Å². The van der Waals surface area contributed by atoms with E-state index >= 15 is 0 Å². The molecule has 0 bridgehead atoms. The normalized spacial score (nSPS) is 17.5. The smallest absolute Gasteiger partial charge is 0.191 e. The van der Waals surface area contributed by atoms with Gasteiger partial charge in [-0.15, -0.1) is 0 Å². The highest BCUT2D eigenvalue weighted by molar-refractivity contribution is 5.79. The minimum Gasteiger partial charge on any atom is -0.356 e. The predicted octanol–water partition coefficient (Wildman–Crippen LogP) is 1.69. The van der Waals surface area contributed by atoms with E-state index in [2.05, 4.69) is 63.7 Å². The summed E-state index contributed by atoms with van der Waals surface area (Å²) in [4.78, 5) is 9.31. The van der Waals surface area contributed by atoms with Crippen molar-refractivity contribution in [3.05, 3.63) is 35.4 Å². The van der Waals surface area contributed by atoms with Gasteiger partial charge in [0.05, 0.1) is 0 Å². The van der Waals surface area contributed by atoms with Gasteiger partial charge >= 0.3 is 0 Å². The second-order valence-electron chi connectivity index (χ2n) is 6.69. The number of nitrogens with zero attached hydrogens (tertiary/aromatic N) is 3. The summed E-state index contributed by atoms with van der Waals surface area (Å²) in [5, 5.41) is 6.81. The molecule has 0 spiro atoms. The summed E-state index contributed by atoms with van der Waals surface area (Å²) < 4.78 is 0. The SMILES string of the molecule is CN=C(NCCCN1CCCN(C)CC1)NCc1cccc(C)c1. The van der Waals surface area contributed by atoms with Crippen molar-refractivity contribution in [1.82, 2.24) is 20.4 Å².